The number of nitrogen functional groups attached to an aromatic ring is 1. The van der Waals surface area contributed by atoms with E-state index >= 15 is 4.39 Å². The number of nitrogens with zero attached hydrogens (tertiary/aromatic N) is 2. The molecule has 9 nitrogen and oxygen atoms in total. The molecule has 1 amide bonds. The van der Waals surface area contributed by atoms with Crippen LogP contribution in [-0.2, 0) is 9.53 Å². The van der Waals surface area contributed by atoms with Crippen molar-refractivity contribution in [1.82, 2.24) is 9.88 Å². The monoisotopic (exact) mass is 486 g/mol. The van der Waals surface area contributed by atoms with Crippen LogP contribution < -0.4 is 21.4 Å². The van der Waals surface area contributed by atoms with Gasteiger partial charge in [-0.3, -0.25) is 9.59 Å². The summed E-state index contributed by atoms with van der Waals surface area (Å²) in [6.07, 6.45) is -3.30. The van der Waals surface area contributed by atoms with Gasteiger partial charge in [0.15, 0.2) is 5.82 Å². The summed E-state index contributed by atoms with van der Waals surface area (Å²) >= 11 is 0. The first-order valence-corrected chi connectivity index (χ1v) is 10.4. The molecule has 4 N–H and O–H groups in total. The molecule has 2 aromatic rings. The fourth-order valence-electron chi connectivity index (χ4n) is 4.53. The van der Waals surface area contributed by atoms with Crippen LogP contribution in [0.25, 0.3) is 10.9 Å². The molecule has 0 unspecified atom stereocenters. The summed E-state index contributed by atoms with van der Waals surface area (Å²) in [5.74, 6) is -4.60. The molecule has 1 saturated heterocycles. The van der Waals surface area contributed by atoms with Crippen molar-refractivity contribution in [1.29, 1.82) is 0 Å². The topological polar surface area (TPSA) is 127 Å². The minimum Gasteiger partial charge on any atom is -0.477 e. The van der Waals surface area contributed by atoms with E-state index in [-0.39, 0.29) is 41.3 Å². The average molecular weight is 486 g/mol. The molecule has 0 bridgehead atoms. The van der Waals surface area contributed by atoms with E-state index in [1.807, 2.05) is 5.32 Å². The van der Waals surface area contributed by atoms with E-state index in [4.69, 9.17) is 10.5 Å². The molecule has 34 heavy (non-hydrogen) atoms. The Labute approximate surface area is 190 Å². The van der Waals surface area contributed by atoms with Crippen LogP contribution in [0.5, 0.6) is 0 Å². The Balaban J connectivity index is 1.85. The van der Waals surface area contributed by atoms with Gasteiger partial charge in [0, 0.05) is 32.4 Å². The number of amides is 1. The molecule has 1 aromatic heterocycles. The van der Waals surface area contributed by atoms with Crippen LogP contribution in [0.3, 0.4) is 0 Å². The first-order valence-electron chi connectivity index (χ1n) is 10.4. The van der Waals surface area contributed by atoms with Gasteiger partial charge in [-0.25, -0.2) is 9.18 Å². The second kappa shape index (κ2) is 8.15. The summed E-state index contributed by atoms with van der Waals surface area (Å²) in [7, 11) is 1.26. The van der Waals surface area contributed by atoms with E-state index in [0.29, 0.717) is 0 Å². The predicted molar refractivity (Wildman–Crippen MR) is 114 cm³/mol. The van der Waals surface area contributed by atoms with Crippen LogP contribution in [0, 0.1) is 12.7 Å². The molecule has 0 spiro atoms. The number of hydrogen-bond acceptors (Lipinski definition) is 6. The number of benzene rings is 1. The van der Waals surface area contributed by atoms with E-state index in [1.165, 1.54) is 25.1 Å². The van der Waals surface area contributed by atoms with Crippen molar-refractivity contribution in [2.45, 2.75) is 44.1 Å². The molecule has 13 heteroatoms. The minimum atomic E-state index is -5.09. The number of alkyl halides is 3. The Hall–Kier alpha value is -3.35. The van der Waals surface area contributed by atoms with Crippen molar-refractivity contribution >= 4 is 34.2 Å². The number of carboxylic acid groups (broad SMARTS) is 1. The number of nitrogens with two attached hydrogens (primary N) is 1. The zero-order valence-corrected chi connectivity index (χ0v) is 18.2. The second-order valence-electron chi connectivity index (χ2n) is 8.50. The number of anilines is 2. The SMILES string of the molecule is CO[C@@H]1CN(c2c(F)c(N)c3c(=O)c(C(=O)O)cn(C4CC4)c3c2C)C[C@@H]1NC(=O)C(F)(F)F. The lowest BCUT2D eigenvalue weighted by Crippen LogP contribution is -2.48. The highest BCUT2D eigenvalue weighted by molar-refractivity contribution is 6.01. The number of aryl methyl sites for hydroxylation is 1. The highest BCUT2D eigenvalue weighted by atomic mass is 19.4. The number of halogens is 4. The third-order valence-corrected chi connectivity index (χ3v) is 6.29. The van der Waals surface area contributed by atoms with Crippen LogP contribution in [0.1, 0.15) is 34.8 Å². The number of hydrogen-bond donors (Lipinski definition) is 3. The lowest BCUT2D eigenvalue weighted by molar-refractivity contribution is -0.174. The molecule has 4 rings (SSSR count). The fraction of sp³-hybridized carbons (Fsp3) is 0.476. The van der Waals surface area contributed by atoms with E-state index in [0.717, 1.165) is 12.8 Å². The summed E-state index contributed by atoms with van der Waals surface area (Å²) in [5, 5.41) is 11.1. The molecule has 2 aliphatic rings. The van der Waals surface area contributed by atoms with Crippen molar-refractivity contribution < 1.29 is 37.0 Å². The van der Waals surface area contributed by atoms with Gasteiger partial charge in [0.05, 0.1) is 34.4 Å². The van der Waals surface area contributed by atoms with Crippen LogP contribution in [0.4, 0.5) is 28.9 Å². The number of rotatable bonds is 5. The number of nitrogens with one attached hydrogen (secondary N) is 1. The van der Waals surface area contributed by atoms with Gasteiger partial charge in [-0.05, 0) is 25.3 Å². The minimum absolute atomic E-state index is 0.0484. The lowest BCUT2D eigenvalue weighted by Gasteiger charge is -2.25. The van der Waals surface area contributed by atoms with Gasteiger partial charge in [-0.1, -0.05) is 0 Å². The highest BCUT2D eigenvalue weighted by Crippen LogP contribution is 2.42. The van der Waals surface area contributed by atoms with E-state index in [1.54, 1.807) is 4.57 Å². The van der Waals surface area contributed by atoms with Crippen LogP contribution in [-0.4, -0.2) is 60.1 Å². The van der Waals surface area contributed by atoms with Crippen molar-refractivity contribution in [2.24, 2.45) is 0 Å². The molecule has 1 aliphatic heterocycles. The molecule has 1 aromatic carbocycles. The maximum Gasteiger partial charge on any atom is 0.471 e. The van der Waals surface area contributed by atoms with Crippen molar-refractivity contribution in [3.63, 3.8) is 0 Å². The number of carboxylic acids is 1. The zero-order valence-electron chi connectivity index (χ0n) is 18.2. The highest BCUT2D eigenvalue weighted by Gasteiger charge is 2.44. The number of carbonyl (C=O) groups is 2. The average Bonchev–Trinajstić information content (AvgIpc) is 3.52. The van der Waals surface area contributed by atoms with Crippen molar-refractivity contribution in [2.75, 3.05) is 30.8 Å². The number of ether oxygens (including phenoxy) is 1. The van der Waals surface area contributed by atoms with Gasteiger partial charge < -0.3 is 30.4 Å². The van der Waals surface area contributed by atoms with Gasteiger partial charge in [-0.2, -0.15) is 13.2 Å². The Bertz CT molecular complexity index is 1250. The lowest BCUT2D eigenvalue weighted by atomic mass is 10.0. The first kappa shape index (κ1) is 23.8. The number of pyridine rings is 1. The molecular weight excluding hydrogens is 464 g/mol. The summed E-state index contributed by atoms with van der Waals surface area (Å²) in [5.41, 5.74) is 4.49. The molecule has 184 valence electrons. The fourth-order valence-corrected chi connectivity index (χ4v) is 4.53. The van der Waals surface area contributed by atoms with Gasteiger partial charge in [-0.15, -0.1) is 0 Å². The molecule has 2 atom stereocenters. The van der Waals surface area contributed by atoms with Crippen LogP contribution in [0.15, 0.2) is 11.0 Å². The number of aromatic nitrogens is 1. The molecule has 1 aliphatic carbocycles. The summed E-state index contributed by atoms with van der Waals surface area (Å²) in [6.45, 7) is 1.27. The van der Waals surface area contributed by atoms with Crippen molar-refractivity contribution in [3.8, 4) is 0 Å². The normalized spacial score (nSPS) is 20.7. The van der Waals surface area contributed by atoms with E-state index < -0.39 is 52.7 Å². The molecular formula is C21H22F4N4O5. The number of carbonyl (C=O) groups excluding carboxylic acids is 1. The van der Waals surface area contributed by atoms with Gasteiger partial charge in [0.25, 0.3) is 0 Å². The number of fused-ring (bicyclic) bond motifs is 1. The molecule has 2 fully saturated rings. The molecule has 0 radical (unpaired) electrons. The summed E-state index contributed by atoms with van der Waals surface area (Å²) < 4.78 is 60.6. The third kappa shape index (κ3) is 3.83. The van der Waals surface area contributed by atoms with Crippen LogP contribution in [0.2, 0.25) is 0 Å². The standard InChI is InChI=1S/C21H22F4N4O5/c1-8-16-13(18(30)10(19(31)32)5-29(16)9-3-4-9)15(26)14(22)17(8)28-6-11(12(7-28)34-2)27-20(33)21(23,24)25/h5,9,11-12H,3-4,6-7,26H2,1-2H3,(H,27,33)(H,31,32)/t11-,12+/m0/s1. The maximum absolute atomic E-state index is 15.5. The summed E-state index contributed by atoms with van der Waals surface area (Å²) in [6, 6.07) is -1.18. The van der Waals surface area contributed by atoms with E-state index in [9.17, 15) is 32.7 Å². The Morgan fingerprint density at radius 2 is 1.91 bits per heavy atom. The second-order valence-corrected chi connectivity index (χ2v) is 8.50. The van der Waals surface area contributed by atoms with Crippen LogP contribution >= 0.6 is 0 Å². The largest absolute Gasteiger partial charge is 0.477 e. The maximum atomic E-state index is 15.5. The first-order chi connectivity index (χ1) is 15.9. The number of aromatic carboxylic acids is 1. The smallest absolute Gasteiger partial charge is 0.471 e. The molecule has 1 saturated carbocycles. The van der Waals surface area contributed by atoms with Gasteiger partial charge in [0.1, 0.15) is 5.56 Å². The van der Waals surface area contributed by atoms with Gasteiger partial charge in [0.2, 0.25) is 5.43 Å². The van der Waals surface area contributed by atoms with E-state index in [2.05, 4.69) is 0 Å². The Morgan fingerprint density at radius 3 is 2.44 bits per heavy atom. The Kier molecular flexibility index (Phi) is 5.70. The van der Waals surface area contributed by atoms with Gasteiger partial charge >= 0.3 is 18.1 Å². The predicted octanol–water partition coefficient (Wildman–Crippen LogP) is 1.95. The third-order valence-electron chi connectivity index (χ3n) is 6.29. The quantitative estimate of drug-likeness (QED) is 0.436. The van der Waals surface area contributed by atoms with Crippen molar-refractivity contribution in [3.05, 3.63) is 33.4 Å². The number of methoxy groups -OCH3 is 1. The molecule has 2 heterocycles. The Morgan fingerprint density at radius 1 is 1.26 bits per heavy atom. The summed E-state index contributed by atoms with van der Waals surface area (Å²) in [4.78, 5) is 37.3. The zero-order chi connectivity index (χ0) is 25.1.